The van der Waals surface area contributed by atoms with Crippen LogP contribution in [0.5, 0.6) is 0 Å². The molecular formula is C12H15N3O2S. The molecule has 5 nitrogen and oxygen atoms in total. The Morgan fingerprint density at radius 1 is 1.50 bits per heavy atom. The predicted molar refractivity (Wildman–Crippen MR) is 67.1 cm³/mol. The molecule has 0 spiro atoms. The predicted octanol–water partition coefficient (Wildman–Crippen LogP) is 0.670. The van der Waals surface area contributed by atoms with Crippen LogP contribution >= 0.6 is 0 Å². The topological polar surface area (TPSA) is 87.2 Å². The van der Waals surface area contributed by atoms with Gasteiger partial charge in [-0.15, -0.1) is 0 Å². The molecule has 1 fully saturated rings. The Morgan fingerprint density at radius 3 is 2.94 bits per heavy atom. The van der Waals surface area contributed by atoms with Crippen LogP contribution in [-0.4, -0.2) is 31.9 Å². The molecule has 1 heterocycles. The van der Waals surface area contributed by atoms with Crippen LogP contribution in [0.2, 0.25) is 0 Å². The average molecular weight is 265 g/mol. The van der Waals surface area contributed by atoms with Crippen molar-refractivity contribution in [3.63, 3.8) is 0 Å². The standard InChI is InChI=1S/C12H15N3O2S/c13-8-10-3-1-5-12(7-10)18(16,17)15-6-2-4-11(15)9-14/h1,3,5,7,11H,2,4,6,9,14H2/t11-/m1/s1. The van der Waals surface area contributed by atoms with Gasteiger partial charge in [0.1, 0.15) is 0 Å². The molecule has 1 aliphatic heterocycles. The molecule has 0 saturated carbocycles. The van der Waals surface area contributed by atoms with Crippen molar-refractivity contribution in [2.45, 2.75) is 23.8 Å². The quantitative estimate of drug-likeness (QED) is 0.870. The van der Waals surface area contributed by atoms with Crippen LogP contribution in [-0.2, 0) is 10.0 Å². The van der Waals surface area contributed by atoms with Crippen LogP contribution in [0.25, 0.3) is 0 Å². The van der Waals surface area contributed by atoms with Crippen molar-refractivity contribution in [1.29, 1.82) is 5.26 Å². The average Bonchev–Trinajstić information content (AvgIpc) is 2.88. The van der Waals surface area contributed by atoms with E-state index in [4.69, 9.17) is 11.0 Å². The van der Waals surface area contributed by atoms with Crippen molar-refractivity contribution in [2.24, 2.45) is 5.73 Å². The van der Waals surface area contributed by atoms with Crippen LogP contribution in [0.4, 0.5) is 0 Å². The van der Waals surface area contributed by atoms with Crippen molar-refractivity contribution >= 4 is 10.0 Å². The smallest absolute Gasteiger partial charge is 0.243 e. The van der Waals surface area contributed by atoms with E-state index in [1.54, 1.807) is 12.1 Å². The minimum Gasteiger partial charge on any atom is -0.329 e. The zero-order chi connectivity index (χ0) is 13.2. The highest BCUT2D eigenvalue weighted by molar-refractivity contribution is 7.89. The van der Waals surface area contributed by atoms with E-state index in [2.05, 4.69) is 0 Å². The fourth-order valence-corrected chi connectivity index (χ4v) is 3.97. The SMILES string of the molecule is N#Cc1cccc(S(=O)(=O)N2CCC[C@@H]2CN)c1. The van der Waals surface area contributed by atoms with Crippen molar-refractivity contribution in [2.75, 3.05) is 13.1 Å². The van der Waals surface area contributed by atoms with Crippen LogP contribution in [0.1, 0.15) is 18.4 Å². The van der Waals surface area contributed by atoms with E-state index in [1.165, 1.54) is 16.4 Å². The highest BCUT2D eigenvalue weighted by Crippen LogP contribution is 2.25. The van der Waals surface area contributed by atoms with Crippen LogP contribution in [0.15, 0.2) is 29.2 Å². The zero-order valence-corrected chi connectivity index (χ0v) is 10.7. The Labute approximate surface area is 107 Å². The van der Waals surface area contributed by atoms with E-state index >= 15 is 0 Å². The molecule has 6 heteroatoms. The maximum atomic E-state index is 12.4. The van der Waals surface area contributed by atoms with Gasteiger partial charge < -0.3 is 5.73 Å². The number of hydrogen-bond acceptors (Lipinski definition) is 4. The van der Waals surface area contributed by atoms with E-state index in [-0.39, 0.29) is 10.9 Å². The number of sulfonamides is 1. The van der Waals surface area contributed by atoms with E-state index in [1.807, 2.05) is 6.07 Å². The molecule has 1 aromatic rings. The first-order chi connectivity index (χ1) is 8.59. The molecule has 1 atom stereocenters. The minimum atomic E-state index is -3.53. The van der Waals surface area contributed by atoms with Gasteiger partial charge in [0, 0.05) is 19.1 Å². The second-order valence-electron chi connectivity index (χ2n) is 4.29. The lowest BCUT2D eigenvalue weighted by atomic mass is 10.2. The summed E-state index contributed by atoms with van der Waals surface area (Å²) >= 11 is 0. The Kier molecular flexibility index (Phi) is 3.66. The summed E-state index contributed by atoms with van der Waals surface area (Å²) < 4.78 is 26.3. The van der Waals surface area contributed by atoms with Gasteiger partial charge >= 0.3 is 0 Å². The number of nitriles is 1. The molecule has 0 amide bonds. The summed E-state index contributed by atoms with van der Waals surface area (Å²) in [5.74, 6) is 0. The second kappa shape index (κ2) is 5.06. The van der Waals surface area contributed by atoms with Crippen LogP contribution in [0, 0.1) is 11.3 Å². The number of benzene rings is 1. The second-order valence-corrected chi connectivity index (χ2v) is 6.18. The Balaban J connectivity index is 2.39. The van der Waals surface area contributed by atoms with Gasteiger partial charge in [-0.1, -0.05) is 6.07 Å². The van der Waals surface area contributed by atoms with E-state index < -0.39 is 10.0 Å². The first-order valence-corrected chi connectivity index (χ1v) is 7.25. The highest BCUT2D eigenvalue weighted by atomic mass is 32.2. The molecule has 0 aromatic heterocycles. The fraction of sp³-hybridized carbons (Fsp3) is 0.417. The lowest BCUT2D eigenvalue weighted by Gasteiger charge is -2.22. The molecule has 1 aliphatic rings. The molecule has 18 heavy (non-hydrogen) atoms. The summed E-state index contributed by atoms with van der Waals surface area (Å²) in [6.07, 6.45) is 1.63. The zero-order valence-electron chi connectivity index (χ0n) is 9.91. The Morgan fingerprint density at radius 2 is 2.28 bits per heavy atom. The Bertz CT molecular complexity index is 577. The molecule has 2 N–H and O–H groups in total. The van der Waals surface area contributed by atoms with Crippen LogP contribution < -0.4 is 5.73 Å². The molecule has 96 valence electrons. The van der Waals surface area contributed by atoms with Gasteiger partial charge in [-0.2, -0.15) is 9.57 Å². The van der Waals surface area contributed by atoms with Gasteiger partial charge in [-0.25, -0.2) is 8.42 Å². The van der Waals surface area contributed by atoms with Crippen molar-refractivity contribution in [3.05, 3.63) is 29.8 Å². The van der Waals surface area contributed by atoms with Gasteiger partial charge in [0.25, 0.3) is 0 Å². The molecule has 0 radical (unpaired) electrons. The van der Waals surface area contributed by atoms with E-state index in [0.717, 1.165) is 12.8 Å². The lowest BCUT2D eigenvalue weighted by molar-refractivity contribution is 0.393. The summed E-state index contributed by atoms with van der Waals surface area (Å²) in [6.45, 7) is 0.831. The molecular weight excluding hydrogens is 250 g/mol. The summed E-state index contributed by atoms with van der Waals surface area (Å²) in [5, 5.41) is 8.81. The monoisotopic (exact) mass is 265 g/mol. The normalized spacial score (nSPS) is 20.8. The molecule has 0 bridgehead atoms. The molecule has 2 rings (SSSR count). The number of nitrogens with two attached hydrogens (primary N) is 1. The summed E-state index contributed by atoms with van der Waals surface area (Å²) in [6, 6.07) is 7.91. The first kappa shape index (κ1) is 13.0. The third-order valence-corrected chi connectivity index (χ3v) is 5.11. The number of rotatable bonds is 3. The summed E-state index contributed by atoms with van der Waals surface area (Å²) in [5.41, 5.74) is 5.94. The molecule has 0 aliphatic carbocycles. The number of nitrogens with zero attached hydrogens (tertiary/aromatic N) is 2. The minimum absolute atomic E-state index is 0.124. The van der Waals surface area contributed by atoms with Crippen molar-refractivity contribution < 1.29 is 8.42 Å². The van der Waals surface area contributed by atoms with E-state index in [9.17, 15) is 8.42 Å². The van der Waals surface area contributed by atoms with Crippen LogP contribution in [0.3, 0.4) is 0 Å². The number of hydrogen-bond donors (Lipinski definition) is 1. The maximum Gasteiger partial charge on any atom is 0.243 e. The van der Waals surface area contributed by atoms with E-state index in [0.29, 0.717) is 18.7 Å². The van der Waals surface area contributed by atoms with Gasteiger partial charge in [0.2, 0.25) is 10.0 Å². The molecule has 1 aromatic carbocycles. The third kappa shape index (κ3) is 2.25. The largest absolute Gasteiger partial charge is 0.329 e. The first-order valence-electron chi connectivity index (χ1n) is 5.81. The Hall–Kier alpha value is -1.42. The van der Waals surface area contributed by atoms with Crippen molar-refractivity contribution in [1.82, 2.24) is 4.31 Å². The van der Waals surface area contributed by atoms with Gasteiger partial charge in [0.05, 0.1) is 16.5 Å². The van der Waals surface area contributed by atoms with Crippen molar-refractivity contribution in [3.8, 4) is 6.07 Å². The maximum absolute atomic E-state index is 12.4. The summed E-state index contributed by atoms with van der Waals surface area (Å²) in [7, 11) is -3.53. The van der Waals surface area contributed by atoms with Gasteiger partial charge in [-0.05, 0) is 31.0 Å². The lowest BCUT2D eigenvalue weighted by Crippen LogP contribution is -2.39. The fourth-order valence-electron chi connectivity index (χ4n) is 2.22. The molecule has 0 unspecified atom stereocenters. The van der Waals surface area contributed by atoms with Gasteiger partial charge in [-0.3, -0.25) is 0 Å². The van der Waals surface area contributed by atoms with Gasteiger partial charge in [0.15, 0.2) is 0 Å². The third-order valence-electron chi connectivity index (χ3n) is 3.16. The molecule has 1 saturated heterocycles. The highest BCUT2D eigenvalue weighted by Gasteiger charge is 2.34. The summed E-state index contributed by atoms with van der Waals surface area (Å²) in [4.78, 5) is 0.168.